The van der Waals surface area contributed by atoms with Crippen LogP contribution in [0.25, 0.3) is 10.9 Å². The molecule has 0 saturated heterocycles. The quantitative estimate of drug-likeness (QED) is 0.781. The summed E-state index contributed by atoms with van der Waals surface area (Å²) in [4.78, 5) is 17.3. The molecule has 0 radical (unpaired) electrons. The van der Waals surface area contributed by atoms with Gasteiger partial charge in [-0.2, -0.15) is 0 Å². The Bertz CT molecular complexity index is 869. The molecule has 0 aliphatic heterocycles. The van der Waals surface area contributed by atoms with Crippen molar-refractivity contribution in [2.75, 3.05) is 5.32 Å². The number of aromatic nitrogens is 2. The van der Waals surface area contributed by atoms with Gasteiger partial charge in [-0.3, -0.25) is 9.36 Å². The molecule has 0 aliphatic carbocycles. The number of hydrogen-bond acceptors (Lipinski definition) is 3. The van der Waals surface area contributed by atoms with Gasteiger partial charge in [-0.1, -0.05) is 23.7 Å². The zero-order valence-electron chi connectivity index (χ0n) is 12.4. The van der Waals surface area contributed by atoms with E-state index in [4.69, 9.17) is 11.6 Å². The highest BCUT2D eigenvalue weighted by Crippen LogP contribution is 2.21. The molecular weight excluding hydrogens is 298 g/mol. The summed E-state index contributed by atoms with van der Waals surface area (Å²) in [6.07, 6.45) is 0. The lowest BCUT2D eigenvalue weighted by Gasteiger charge is -2.17. The highest BCUT2D eigenvalue weighted by Gasteiger charge is 2.13. The minimum Gasteiger partial charge on any atom is -0.326 e. The zero-order valence-corrected chi connectivity index (χ0v) is 13.1. The first-order valence-corrected chi connectivity index (χ1v) is 7.48. The van der Waals surface area contributed by atoms with E-state index >= 15 is 0 Å². The predicted octanol–water partition coefficient (Wildman–Crippen LogP) is 4.37. The molecule has 0 bridgehead atoms. The van der Waals surface area contributed by atoms with Crippen molar-refractivity contribution in [1.82, 2.24) is 9.55 Å². The summed E-state index contributed by atoms with van der Waals surface area (Å²) in [6, 6.07) is 14.7. The highest BCUT2D eigenvalue weighted by molar-refractivity contribution is 6.30. The van der Waals surface area contributed by atoms with Crippen LogP contribution in [0.4, 0.5) is 11.6 Å². The lowest BCUT2D eigenvalue weighted by atomic mass is 10.2. The molecule has 1 aromatic heterocycles. The molecule has 0 spiro atoms. The van der Waals surface area contributed by atoms with Crippen molar-refractivity contribution in [3.8, 4) is 0 Å². The number of benzene rings is 2. The smallest absolute Gasteiger partial charge is 0.263 e. The first-order chi connectivity index (χ1) is 10.6. The van der Waals surface area contributed by atoms with Crippen molar-refractivity contribution in [3.05, 3.63) is 63.9 Å². The Morgan fingerprint density at radius 1 is 1.09 bits per heavy atom. The Hall–Kier alpha value is -2.33. The van der Waals surface area contributed by atoms with Gasteiger partial charge in [-0.05, 0) is 50.2 Å². The van der Waals surface area contributed by atoms with E-state index in [9.17, 15) is 4.79 Å². The summed E-state index contributed by atoms with van der Waals surface area (Å²) in [6.45, 7) is 3.93. The van der Waals surface area contributed by atoms with Crippen molar-refractivity contribution >= 4 is 34.1 Å². The third kappa shape index (κ3) is 2.70. The van der Waals surface area contributed by atoms with Crippen molar-refractivity contribution in [2.24, 2.45) is 0 Å². The molecule has 0 unspecified atom stereocenters. The van der Waals surface area contributed by atoms with E-state index in [0.29, 0.717) is 21.9 Å². The monoisotopic (exact) mass is 313 g/mol. The molecule has 0 fully saturated rings. The van der Waals surface area contributed by atoms with Gasteiger partial charge in [0.15, 0.2) is 0 Å². The van der Waals surface area contributed by atoms with Crippen LogP contribution in [0.3, 0.4) is 0 Å². The van der Waals surface area contributed by atoms with Crippen molar-refractivity contribution in [1.29, 1.82) is 0 Å². The van der Waals surface area contributed by atoms with E-state index in [2.05, 4.69) is 10.3 Å². The van der Waals surface area contributed by atoms with Gasteiger partial charge in [0.2, 0.25) is 5.95 Å². The summed E-state index contributed by atoms with van der Waals surface area (Å²) in [5.41, 5.74) is 1.47. The number of hydrogen-bond donors (Lipinski definition) is 1. The van der Waals surface area contributed by atoms with Crippen molar-refractivity contribution in [3.63, 3.8) is 0 Å². The van der Waals surface area contributed by atoms with Crippen LogP contribution in [0.2, 0.25) is 5.02 Å². The first kappa shape index (κ1) is 14.6. The second-order valence-electron chi connectivity index (χ2n) is 5.35. The highest BCUT2D eigenvalue weighted by atomic mass is 35.5. The Morgan fingerprint density at radius 2 is 1.77 bits per heavy atom. The molecule has 22 heavy (non-hydrogen) atoms. The Morgan fingerprint density at radius 3 is 2.45 bits per heavy atom. The molecule has 0 saturated carbocycles. The number of para-hydroxylation sites is 1. The summed E-state index contributed by atoms with van der Waals surface area (Å²) in [7, 11) is 0. The van der Waals surface area contributed by atoms with E-state index in [1.807, 2.05) is 44.2 Å². The second-order valence-corrected chi connectivity index (χ2v) is 5.79. The lowest BCUT2D eigenvalue weighted by molar-refractivity contribution is 0.583. The van der Waals surface area contributed by atoms with E-state index in [-0.39, 0.29) is 11.6 Å². The maximum absolute atomic E-state index is 12.7. The molecule has 3 aromatic rings. The van der Waals surface area contributed by atoms with Crippen LogP contribution in [0.15, 0.2) is 53.3 Å². The van der Waals surface area contributed by atoms with Gasteiger partial charge in [0.05, 0.1) is 10.9 Å². The van der Waals surface area contributed by atoms with Crippen molar-refractivity contribution in [2.45, 2.75) is 19.9 Å². The van der Waals surface area contributed by atoms with Gasteiger partial charge in [0, 0.05) is 16.8 Å². The molecule has 3 rings (SSSR count). The summed E-state index contributed by atoms with van der Waals surface area (Å²) in [5.74, 6) is 0.529. The molecule has 0 atom stereocenters. The van der Waals surface area contributed by atoms with Gasteiger partial charge in [0.1, 0.15) is 0 Å². The molecule has 0 aliphatic rings. The Kier molecular flexibility index (Phi) is 3.86. The van der Waals surface area contributed by atoms with Crippen LogP contribution < -0.4 is 10.9 Å². The number of nitrogens with one attached hydrogen (secondary N) is 1. The molecule has 2 aromatic carbocycles. The standard InChI is InChI=1S/C17H16ClN3O/c1-11(2)21-16(22)14-5-3-4-6-15(14)20-17(21)19-13-9-7-12(18)8-10-13/h3-11H,1-2H3,(H,19,20). The topological polar surface area (TPSA) is 46.9 Å². The van der Waals surface area contributed by atoms with Gasteiger partial charge >= 0.3 is 0 Å². The zero-order chi connectivity index (χ0) is 15.7. The number of fused-ring (bicyclic) bond motifs is 1. The Balaban J connectivity index is 2.17. The SMILES string of the molecule is CC(C)n1c(Nc2ccc(Cl)cc2)nc2ccccc2c1=O. The number of rotatable bonds is 3. The third-order valence-electron chi connectivity index (χ3n) is 3.42. The van der Waals surface area contributed by atoms with Crippen LogP contribution in [0.5, 0.6) is 0 Å². The molecule has 1 heterocycles. The number of anilines is 2. The van der Waals surface area contributed by atoms with Crippen LogP contribution in [0.1, 0.15) is 19.9 Å². The minimum atomic E-state index is -0.0444. The van der Waals surface area contributed by atoms with Crippen LogP contribution in [-0.4, -0.2) is 9.55 Å². The fourth-order valence-electron chi connectivity index (χ4n) is 2.38. The van der Waals surface area contributed by atoms with Crippen LogP contribution in [-0.2, 0) is 0 Å². The van der Waals surface area contributed by atoms with Crippen LogP contribution in [0, 0.1) is 0 Å². The summed E-state index contributed by atoms with van der Waals surface area (Å²) in [5, 5.41) is 4.50. The molecule has 1 N–H and O–H groups in total. The van der Waals surface area contributed by atoms with Crippen molar-refractivity contribution < 1.29 is 0 Å². The van der Waals surface area contributed by atoms with Gasteiger partial charge in [-0.25, -0.2) is 4.98 Å². The van der Waals surface area contributed by atoms with Gasteiger partial charge < -0.3 is 5.32 Å². The minimum absolute atomic E-state index is 0.000550. The summed E-state index contributed by atoms with van der Waals surface area (Å²) < 4.78 is 1.66. The largest absolute Gasteiger partial charge is 0.326 e. The normalized spacial score (nSPS) is 11.1. The fourth-order valence-corrected chi connectivity index (χ4v) is 2.50. The molecule has 5 heteroatoms. The second kappa shape index (κ2) is 5.81. The predicted molar refractivity (Wildman–Crippen MR) is 91.1 cm³/mol. The van der Waals surface area contributed by atoms with E-state index in [1.54, 1.807) is 22.8 Å². The molecule has 4 nitrogen and oxygen atoms in total. The first-order valence-electron chi connectivity index (χ1n) is 7.10. The maximum Gasteiger partial charge on any atom is 0.263 e. The van der Waals surface area contributed by atoms with E-state index in [1.165, 1.54) is 0 Å². The fraction of sp³-hybridized carbons (Fsp3) is 0.176. The Labute approximate surface area is 133 Å². The maximum atomic E-state index is 12.7. The average Bonchev–Trinajstić information content (AvgIpc) is 2.49. The molecular formula is C17H16ClN3O. The lowest BCUT2D eigenvalue weighted by Crippen LogP contribution is -2.25. The molecule has 0 amide bonds. The third-order valence-corrected chi connectivity index (χ3v) is 3.68. The van der Waals surface area contributed by atoms with Gasteiger partial charge in [-0.15, -0.1) is 0 Å². The summed E-state index contributed by atoms with van der Waals surface area (Å²) >= 11 is 5.90. The van der Waals surface area contributed by atoms with E-state index in [0.717, 1.165) is 5.69 Å². The number of halogens is 1. The average molecular weight is 314 g/mol. The number of nitrogens with zero attached hydrogens (tertiary/aromatic N) is 2. The molecule has 112 valence electrons. The van der Waals surface area contributed by atoms with E-state index < -0.39 is 0 Å². The van der Waals surface area contributed by atoms with Gasteiger partial charge in [0.25, 0.3) is 5.56 Å². The van der Waals surface area contributed by atoms with Crippen LogP contribution >= 0.6 is 11.6 Å².